The van der Waals surface area contributed by atoms with Gasteiger partial charge >= 0.3 is 5.97 Å². The average molecular weight is 432 g/mol. The zero-order chi connectivity index (χ0) is 22.3. The largest absolute Gasteiger partial charge is 0.481 e. The van der Waals surface area contributed by atoms with Crippen LogP contribution in [-0.4, -0.2) is 37.7 Å². The van der Waals surface area contributed by atoms with Crippen LogP contribution < -0.4 is 10.1 Å². The SMILES string of the molecule is C/C(=N\NC(=O)c1ccc(C)cc1C)c1ccc(S(=O)(=O)NCCCC(=O)O)cc1. The van der Waals surface area contributed by atoms with Crippen LogP contribution in [0.2, 0.25) is 0 Å². The second-order valence-electron chi connectivity index (χ2n) is 6.88. The molecule has 0 heterocycles. The monoisotopic (exact) mass is 431 g/mol. The van der Waals surface area contributed by atoms with Gasteiger partial charge in [-0.2, -0.15) is 5.10 Å². The Morgan fingerprint density at radius 2 is 1.73 bits per heavy atom. The van der Waals surface area contributed by atoms with E-state index in [2.05, 4.69) is 15.2 Å². The molecule has 0 saturated carbocycles. The van der Waals surface area contributed by atoms with Crippen molar-refractivity contribution < 1.29 is 23.1 Å². The number of nitrogens with one attached hydrogen (secondary N) is 2. The molecule has 8 nitrogen and oxygen atoms in total. The van der Waals surface area contributed by atoms with Gasteiger partial charge in [-0.15, -0.1) is 0 Å². The molecule has 0 saturated heterocycles. The molecule has 0 fully saturated rings. The van der Waals surface area contributed by atoms with Gasteiger partial charge in [-0.1, -0.05) is 29.8 Å². The Kier molecular flexibility index (Phi) is 7.85. The zero-order valence-electron chi connectivity index (χ0n) is 17.1. The number of carbonyl (C=O) groups excluding carboxylic acids is 1. The van der Waals surface area contributed by atoms with Gasteiger partial charge in [0, 0.05) is 18.5 Å². The molecule has 2 aromatic carbocycles. The maximum atomic E-state index is 12.3. The van der Waals surface area contributed by atoms with Gasteiger partial charge in [-0.05, 0) is 56.5 Å². The lowest BCUT2D eigenvalue weighted by Crippen LogP contribution is -2.25. The van der Waals surface area contributed by atoms with E-state index in [1.54, 1.807) is 25.1 Å². The van der Waals surface area contributed by atoms with E-state index in [0.29, 0.717) is 16.8 Å². The molecule has 0 aliphatic rings. The molecule has 0 radical (unpaired) electrons. The van der Waals surface area contributed by atoms with Gasteiger partial charge in [0.1, 0.15) is 0 Å². The number of sulfonamides is 1. The molecule has 9 heteroatoms. The van der Waals surface area contributed by atoms with Crippen LogP contribution in [0, 0.1) is 13.8 Å². The Morgan fingerprint density at radius 3 is 2.33 bits per heavy atom. The summed E-state index contributed by atoms with van der Waals surface area (Å²) >= 11 is 0. The summed E-state index contributed by atoms with van der Waals surface area (Å²) in [5.41, 5.74) is 6.14. The maximum Gasteiger partial charge on any atom is 0.303 e. The molecule has 0 bridgehead atoms. The van der Waals surface area contributed by atoms with Crippen molar-refractivity contribution in [1.82, 2.24) is 10.1 Å². The van der Waals surface area contributed by atoms with Crippen molar-refractivity contribution in [3.8, 4) is 0 Å². The fourth-order valence-corrected chi connectivity index (χ4v) is 3.81. The number of carbonyl (C=O) groups is 2. The van der Waals surface area contributed by atoms with Gasteiger partial charge in [0.05, 0.1) is 10.6 Å². The Labute approximate surface area is 176 Å². The third-order valence-electron chi connectivity index (χ3n) is 4.39. The first kappa shape index (κ1) is 23.2. The van der Waals surface area contributed by atoms with E-state index in [0.717, 1.165) is 11.1 Å². The lowest BCUT2D eigenvalue weighted by atomic mass is 10.1. The molecule has 2 aromatic rings. The number of benzene rings is 2. The van der Waals surface area contributed by atoms with E-state index in [1.807, 2.05) is 26.0 Å². The van der Waals surface area contributed by atoms with Crippen molar-refractivity contribution in [2.24, 2.45) is 5.10 Å². The summed E-state index contributed by atoms with van der Waals surface area (Å²) in [6.07, 6.45) is 0.101. The lowest BCUT2D eigenvalue weighted by Gasteiger charge is -2.08. The Hall–Kier alpha value is -3.04. The summed E-state index contributed by atoms with van der Waals surface area (Å²) in [6.45, 7) is 5.55. The van der Waals surface area contributed by atoms with E-state index < -0.39 is 16.0 Å². The van der Waals surface area contributed by atoms with Gasteiger partial charge < -0.3 is 5.11 Å². The molecule has 1 amide bonds. The van der Waals surface area contributed by atoms with Crippen LogP contribution in [0.5, 0.6) is 0 Å². The second-order valence-corrected chi connectivity index (χ2v) is 8.64. The smallest absolute Gasteiger partial charge is 0.303 e. The zero-order valence-corrected chi connectivity index (χ0v) is 17.9. The first-order valence-electron chi connectivity index (χ1n) is 9.34. The summed E-state index contributed by atoms with van der Waals surface area (Å²) < 4.78 is 26.8. The molecule has 0 unspecified atom stereocenters. The molecule has 0 atom stereocenters. The van der Waals surface area contributed by atoms with Crippen molar-refractivity contribution in [1.29, 1.82) is 0 Å². The molecule has 160 valence electrons. The van der Waals surface area contributed by atoms with Gasteiger partial charge in [0.15, 0.2) is 0 Å². The Balaban J connectivity index is 2.02. The van der Waals surface area contributed by atoms with Crippen LogP contribution in [0.4, 0.5) is 0 Å². The molecule has 0 aliphatic carbocycles. The third-order valence-corrected chi connectivity index (χ3v) is 5.87. The standard InChI is InChI=1S/C21H25N3O5S/c1-14-6-11-19(15(2)13-14)21(27)24-23-16(3)17-7-9-18(10-8-17)30(28,29)22-12-4-5-20(25)26/h6-11,13,22H,4-5,12H2,1-3H3,(H,24,27)(H,25,26)/b23-16+. The predicted octanol–water partition coefficient (Wildman–Crippen LogP) is 2.60. The number of amides is 1. The van der Waals surface area contributed by atoms with Crippen molar-refractivity contribution in [3.05, 3.63) is 64.7 Å². The first-order valence-corrected chi connectivity index (χ1v) is 10.8. The minimum atomic E-state index is -3.72. The van der Waals surface area contributed by atoms with Gasteiger partial charge in [-0.3, -0.25) is 9.59 Å². The molecular formula is C21H25N3O5S. The number of nitrogens with zero attached hydrogens (tertiary/aromatic N) is 1. The van der Waals surface area contributed by atoms with Crippen LogP contribution in [0.25, 0.3) is 0 Å². The number of aryl methyl sites for hydroxylation is 2. The second kappa shape index (κ2) is 10.1. The highest BCUT2D eigenvalue weighted by Gasteiger charge is 2.14. The normalized spacial score (nSPS) is 11.9. The molecule has 3 N–H and O–H groups in total. The summed E-state index contributed by atoms with van der Waals surface area (Å²) in [6, 6.07) is 11.6. The lowest BCUT2D eigenvalue weighted by molar-refractivity contribution is -0.137. The topological polar surface area (TPSA) is 125 Å². The van der Waals surface area contributed by atoms with Crippen molar-refractivity contribution in [3.63, 3.8) is 0 Å². The highest BCUT2D eigenvalue weighted by Crippen LogP contribution is 2.12. The third kappa shape index (κ3) is 6.50. The van der Waals surface area contributed by atoms with Crippen LogP contribution >= 0.6 is 0 Å². The quantitative estimate of drug-likeness (QED) is 0.320. The van der Waals surface area contributed by atoms with E-state index in [9.17, 15) is 18.0 Å². The summed E-state index contributed by atoms with van der Waals surface area (Å²) in [7, 11) is -3.72. The average Bonchev–Trinajstić information content (AvgIpc) is 2.69. The van der Waals surface area contributed by atoms with Crippen molar-refractivity contribution in [2.45, 2.75) is 38.5 Å². The minimum absolute atomic E-state index is 0.0430. The molecule has 30 heavy (non-hydrogen) atoms. The van der Waals surface area contributed by atoms with Gasteiger partial charge in [0.25, 0.3) is 5.91 Å². The predicted molar refractivity (Wildman–Crippen MR) is 114 cm³/mol. The molecule has 0 aromatic heterocycles. The Bertz CT molecular complexity index is 1060. The minimum Gasteiger partial charge on any atom is -0.481 e. The molecular weight excluding hydrogens is 406 g/mol. The number of hydrogen-bond acceptors (Lipinski definition) is 5. The van der Waals surface area contributed by atoms with Crippen LogP contribution in [0.1, 0.15) is 46.8 Å². The van der Waals surface area contributed by atoms with E-state index in [-0.39, 0.29) is 30.2 Å². The number of carboxylic acid groups (broad SMARTS) is 1. The Morgan fingerprint density at radius 1 is 1.07 bits per heavy atom. The number of rotatable bonds is 9. The molecule has 2 rings (SSSR count). The fourth-order valence-electron chi connectivity index (χ4n) is 2.73. The highest BCUT2D eigenvalue weighted by atomic mass is 32.2. The van der Waals surface area contributed by atoms with E-state index in [1.165, 1.54) is 12.1 Å². The van der Waals surface area contributed by atoms with Gasteiger partial charge in [0.2, 0.25) is 10.0 Å². The summed E-state index contributed by atoms with van der Waals surface area (Å²) in [5, 5.41) is 12.7. The molecule has 0 spiro atoms. The number of hydrazone groups is 1. The number of hydrogen-bond donors (Lipinski definition) is 3. The number of aliphatic carboxylic acids is 1. The van der Waals surface area contributed by atoms with E-state index >= 15 is 0 Å². The van der Waals surface area contributed by atoms with Crippen molar-refractivity contribution in [2.75, 3.05) is 6.54 Å². The summed E-state index contributed by atoms with van der Waals surface area (Å²) in [4.78, 5) is 22.9. The summed E-state index contributed by atoms with van der Waals surface area (Å²) in [5.74, 6) is -1.30. The maximum absolute atomic E-state index is 12.3. The van der Waals surface area contributed by atoms with Crippen LogP contribution in [-0.2, 0) is 14.8 Å². The number of carboxylic acids is 1. The fraction of sp³-hybridized carbons (Fsp3) is 0.286. The van der Waals surface area contributed by atoms with Gasteiger partial charge in [-0.25, -0.2) is 18.6 Å². The van der Waals surface area contributed by atoms with Crippen molar-refractivity contribution >= 4 is 27.6 Å². The van der Waals surface area contributed by atoms with Crippen LogP contribution in [0.3, 0.4) is 0 Å². The highest BCUT2D eigenvalue weighted by molar-refractivity contribution is 7.89. The van der Waals surface area contributed by atoms with E-state index in [4.69, 9.17) is 5.11 Å². The molecule has 0 aliphatic heterocycles. The first-order chi connectivity index (χ1) is 14.1. The van der Waals surface area contributed by atoms with Crippen LogP contribution in [0.15, 0.2) is 52.5 Å².